The molecule has 0 aromatic carbocycles. The number of nitrogens with one attached hydrogen (secondary N) is 1. The Labute approximate surface area is 89.0 Å². The number of rotatable bonds is 6. The lowest BCUT2D eigenvalue weighted by molar-refractivity contribution is -0.129. The molecule has 1 amide bonds. The van der Waals surface area contributed by atoms with E-state index in [1.54, 1.807) is 4.90 Å². The summed E-state index contributed by atoms with van der Waals surface area (Å²) in [4.78, 5) is 13.3. The van der Waals surface area contributed by atoms with Gasteiger partial charge in [0.05, 0.1) is 4.83 Å². The first-order valence-electron chi connectivity index (χ1n) is 4.67. The molecule has 0 saturated carbocycles. The Bertz CT molecular complexity index is 153. The second-order valence-corrected chi connectivity index (χ2v) is 4.20. The predicted octanol–water partition coefficient (Wildman–Crippen LogP) is 1.23. The van der Waals surface area contributed by atoms with Gasteiger partial charge < -0.3 is 10.2 Å². The molecule has 0 aliphatic heterocycles. The van der Waals surface area contributed by atoms with Gasteiger partial charge in [0.25, 0.3) is 0 Å². The minimum Gasteiger partial charge on any atom is -0.345 e. The molecule has 1 unspecified atom stereocenters. The van der Waals surface area contributed by atoms with Crippen molar-refractivity contribution in [2.45, 2.75) is 24.6 Å². The summed E-state index contributed by atoms with van der Waals surface area (Å²) in [5.41, 5.74) is 0. The second kappa shape index (κ2) is 7.33. The van der Waals surface area contributed by atoms with Crippen molar-refractivity contribution in [3.05, 3.63) is 0 Å². The minimum absolute atomic E-state index is 0.0212. The first kappa shape index (κ1) is 12.9. The van der Waals surface area contributed by atoms with Crippen LogP contribution in [0.1, 0.15) is 19.8 Å². The van der Waals surface area contributed by atoms with Gasteiger partial charge in [-0.25, -0.2) is 0 Å². The molecule has 4 heteroatoms. The lowest BCUT2D eigenvalue weighted by Crippen LogP contribution is -2.34. The van der Waals surface area contributed by atoms with Crippen LogP contribution in [-0.4, -0.2) is 42.8 Å². The van der Waals surface area contributed by atoms with Gasteiger partial charge in [-0.3, -0.25) is 4.79 Å². The quantitative estimate of drug-likeness (QED) is 0.568. The molecular formula is C9H19BrN2O. The third kappa shape index (κ3) is 5.26. The Kier molecular flexibility index (Phi) is 7.28. The van der Waals surface area contributed by atoms with Crippen molar-refractivity contribution < 1.29 is 4.79 Å². The van der Waals surface area contributed by atoms with Crippen LogP contribution in [0.3, 0.4) is 0 Å². The number of hydrogen-bond acceptors (Lipinski definition) is 2. The van der Waals surface area contributed by atoms with Gasteiger partial charge in [-0.2, -0.15) is 0 Å². The third-order valence-corrected chi connectivity index (χ3v) is 2.96. The van der Waals surface area contributed by atoms with Crippen LogP contribution in [0, 0.1) is 0 Å². The summed E-state index contributed by atoms with van der Waals surface area (Å²) in [5.74, 6) is 0.179. The van der Waals surface area contributed by atoms with E-state index in [0.717, 1.165) is 25.9 Å². The van der Waals surface area contributed by atoms with Gasteiger partial charge in [-0.15, -0.1) is 0 Å². The average Bonchev–Trinajstić information content (AvgIpc) is 2.15. The molecule has 0 saturated heterocycles. The molecule has 0 spiro atoms. The van der Waals surface area contributed by atoms with E-state index in [9.17, 15) is 4.79 Å². The van der Waals surface area contributed by atoms with E-state index in [4.69, 9.17) is 0 Å². The maximum Gasteiger partial charge on any atom is 0.236 e. The van der Waals surface area contributed by atoms with E-state index in [2.05, 4.69) is 21.2 Å². The molecule has 78 valence electrons. The lowest BCUT2D eigenvalue weighted by Gasteiger charge is -2.19. The zero-order chi connectivity index (χ0) is 10.3. The molecule has 0 rings (SSSR count). The van der Waals surface area contributed by atoms with Crippen LogP contribution in [0.4, 0.5) is 0 Å². The van der Waals surface area contributed by atoms with Gasteiger partial charge in [0.2, 0.25) is 5.91 Å². The van der Waals surface area contributed by atoms with E-state index < -0.39 is 0 Å². The summed E-state index contributed by atoms with van der Waals surface area (Å²) < 4.78 is 0. The predicted molar refractivity (Wildman–Crippen MR) is 59.2 cm³/mol. The highest BCUT2D eigenvalue weighted by atomic mass is 79.9. The van der Waals surface area contributed by atoms with Crippen LogP contribution < -0.4 is 5.32 Å². The maximum absolute atomic E-state index is 11.5. The SMILES string of the molecule is CCC(Br)C(=O)N(C)CCCNC. The van der Waals surface area contributed by atoms with Crippen molar-refractivity contribution in [2.75, 3.05) is 27.2 Å². The monoisotopic (exact) mass is 250 g/mol. The van der Waals surface area contributed by atoms with Crippen molar-refractivity contribution in [3.63, 3.8) is 0 Å². The molecule has 0 aromatic heterocycles. The fraction of sp³-hybridized carbons (Fsp3) is 0.889. The topological polar surface area (TPSA) is 32.3 Å². The van der Waals surface area contributed by atoms with Gasteiger partial charge in [-0.05, 0) is 26.4 Å². The van der Waals surface area contributed by atoms with Crippen molar-refractivity contribution in [1.82, 2.24) is 10.2 Å². The third-order valence-electron chi connectivity index (χ3n) is 1.92. The smallest absolute Gasteiger partial charge is 0.236 e. The highest BCUT2D eigenvalue weighted by Crippen LogP contribution is 2.07. The summed E-state index contributed by atoms with van der Waals surface area (Å²) in [7, 11) is 3.77. The van der Waals surface area contributed by atoms with Crippen molar-refractivity contribution in [3.8, 4) is 0 Å². The lowest BCUT2D eigenvalue weighted by atomic mass is 10.3. The Balaban J connectivity index is 3.69. The van der Waals surface area contributed by atoms with E-state index in [-0.39, 0.29) is 10.7 Å². The Morgan fingerprint density at radius 3 is 2.69 bits per heavy atom. The summed E-state index contributed by atoms with van der Waals surface area (Å²) in [5, 5.41) is 3.06. The molecule has 0 aliphatic rings. The van der Waals surface area contributed by atoms with Gasteiger partial charge in [0.15, 0.2) is 0 Å². The second-order valence-electron chi connectivity index (χ2n) is 3.09. The first-order chi connectivity index (χ1) is 6.13. The largest absolute Gasteiger partial charge is 0.345 e. The number of hydrogen-bond donors (Lipinski definition) is 1. The summed E-state index contributed by atoms with van der Waals surface area (Å²) in [6, 6.07) is 0. The number of alkyl halides is 1. The fourth-order valence-electron chi connectivity index (χ4n) is 1.02. The highest BCUT2D eigenvalue weighted by Gasteiger charge is 2.16. The first-order valence-corrected chi connectivity index (χ1v) is 5.58. The fourth-order valence-corrected chi connectivity index (χ4v) is 1.37. The number of nitrogens with zero attached hydrogens (tertiary/aromatic N) is 1. The molecule has 0 bridgehead atoms. The van der Waals surface area contributed by atoms with Crippen LogP contribution in [-0.2, 0) is 4.79 Å². The number of halogens is 1. The van der Waals surface area contributed by atoms with Crippen LogP contribution in [0.25, 0.3) is 0 Å². The van der Waals surface area contributed by atoms with Crippen molar-refractivity contribution in [1.29, 1.82) is 0 Å². The maximum atomic E-state index is 11.5. The standard InChI is InChI=1S/C9H19BrN2O/c1-4-8(10)9(13)12(3)7-5-6-11-2/h8,11H,4-7H2,1-3H3. The van der Waals surface area contributed by atoms with Gasteiger partial charge in [-0.1, -0.05) is 22.9 Å². The Morgan fingerprint density at radius 1 is 1.62 bits per heavy atom. The molecule has 1 N–H and O–H groups in total. The minimum atomic E-state index is -0.0212. The van der Waals surface area contributed by atoms with Crippen molar-refractivity contribution in [2.24, 2.45) is 0 Å². The van der Waals surface area contributed by atoms with Crippen molar-refractivity contribution >= 4 is 21.8 Å². The Morgan fingerprint density at radius 2 is 2.23 bits per heavy atom. The zero-order valence-electron chi connectivity index (χ0n) is 8.64. The molecule has 1 atom stereocenters. The normalized spacial score (nSPS) is 12.6. The average molecular weight is 251 g/mol. The van der Waals surface area contributed by atoms with Gasteiger partial charge >= 0.3 is 0 Å². The van der Waals surface area contributed by atoms with Gasteiger partial charge in [0, 0.05) is 13.6 Å². The molecule has 13 heavy (non-hydrogen) atoms. The van der Waals surface area contributed by atoms with E-state index >= 15 is 0 Å². The van der Waals surface area contributed by atoms with Crippen LogP contribution in [0.5, 0.6) is 0 Å². The molecule has 0 aromatic rings. The highest BCUT2D eigenvalue weighted by molar-refractivity contribution is 9.10. The molecular weight excluding hydrogens is 232 g/mol. The molecule has 0 radical (unpaired) electrons. The van der Waals surface area contributed by atoms with Crippen LogP contribution in [0.2, 0.25) is 0 Å². The van der Waals surface area contributed by atoms with Crippen LogP contribution >= 0.6 is 15.9 Å². The number of carbonyl (C=O) groups is 1. The number of amides is 1. The summed E-state index contributed by atoms with van der Waals surface area (Å²) in [6.45, 7) is 3.78. The van der Waals surface area contributed by atoms with Gasteiger partial charge in [0.1, 0.15) is 0 Å². The number of carbonyl (C=O) groups excluding carboxylic acids is 1. The van der Waals surface area contributed by atoms with E-state index in [0.29, 0.717) is 0 Å². The zero-order valence-corrected chi connectivity index (χ0v) is 10.2. The molecule has 0 heterocycles. The van der Waals surface area contributed by atoms with E-state index in [1.165, 1.54) is 0 Å². The summed E-state index contributed by atoms with van der Waals surface area (Å²) >= 11 is 3.34. The molecule has 3 nitrogen and oxygen atoms in total. The summed E-state index contributed by atoms with van der Waals surface area (Å²) in [6.07, 6.45) is 1.84. The van der Waals surface area contributed by atoms with E-state index in [1.807, 2.05) is 21.0 Å². The molecule has 0 fully saturated rings. The molecule has 0 aliphatic carbocycles. The van der Waals surface area contributed by atoms with Crippen LogP contribution in [0.15, 0.2) is 0 Å². The Hall–Kier alpha value is -0.0900.